The van der Waals surface area contributed by atoms with Gasteiger partial charge in [-0.1, -0.05) is 0 Å². The fourth-order valence-corrected chi connectivity index (χ4v) is 0. The van der Waals surface area contributed by atoms with E-state index >= 15 is 0 Å². The second-order valence-corrected chi connectivity index (χ2v) is 0. The molecule has 0 amide bonds. The van der Waals surface area contributed by atoms with Crippen LogP contribution in [-0.4, -0.2) is 0 Å². The van der Waals surface area contributed by atoms with Gasteiger partial charge in [0.05, 0.1) is 0 Å². The number of hydrogen-bond donors (Lipinski definition) is 0. The molecule has 0 unspecified atom stereocenters. The topological polar surface area (TPSA) is 57.0 Å². The molecule has 0 spiro atoms. The van der Waals surface area contributed by atoms with Crippen molar-refractivity contribution in [3.8, 4) is 0 Å². The van der Waals surface area contributed by atoms with Gasteiger partial charge in [0.25, 0.3) is 0 Å². The third-order valence-corrected chi connectivity index (χ3v) is 0. The quantitative estimate of drug-likeness (QED) is 0.422. The zero-order chi connectivity index (χ0) is 0. The molecule has 0 radical (unpaired) electrons. The summed E-state index contributed by atoms with van der Waals surface area (Å²) in [6.45, 7) is 0. The van der Waals surface area contributed by atoms with Gasteiger partial charge >= 0.3 is 21.7 Å². The first-order valence-electron chi connectivity index (χ1n) is 0. The van der Waals surface area contributed by atoms with Gasteiger partial charge in [-0.3, -0.25) is 0 Å². The molecule has 0 aromatic heterocycles. The van der Waals surface area contributed by atoms with E-state index in [0.717, 1.165) is 0 Å². The van der Waals surface area contributed by atoms with E-state index in [9.17, 15) is 0 Å². The van der Waals surface area contributed by atoms with Crippen LogP contribution in [0.4, 0.5) is 0 Å². The van der Waals surface area contributed by atoms with E-state index in [1.807, 2.05) is 0 Å². The predicted molar refractivity (Wildman–Crippen MR) is 1.37 cm³/mol. The average molecular weight is 145 g/mol. The van der Waals surface area contributed by atoms with Gasteiger partial charge in [-0.25, -0.2) is 0 Å². The van der Waals surface area contributed by atoms with Crippen molar-refractivity contribution in [3.05, 3.63) is 0 Å². The van der Waals surface area contributed by atoms with Crippen LogP contribution in [0.25, 0.3) is 0 Å². The van der Waals surface area contributed by atoms with E-state index in [0.29, 0.717) is 0 Å². The fraction of sp³-hybridized carbons (Fsp3) is 0. The SMILES string of the molecule is [O-2].[O-2].[Ti+4].[Zn]. The Labute approximate surface area is 52.2 Å². The van der Waals surface area contributed by atoms with Crippen LogP contribution in [0.15, 0.2) is 0 Å². The summed E-state index contributed by atoms with van der Waals surface area (Å²) in [7, 11) is 0. The molecule has 2 nitrogen and oxygen atoms in total. The van der Waals surface area contributed by atoms with Crippen molar-refractivity contribution in [2.24, 2.45) is 0 Å². The average Bonchev–Trinajstić information content (AvgIpc) is 0. The maximum absolute atomic E-state index is 0. The summed E-state index contributed by atoms with van der Waals surface area (Å²) in [6, 6.07) is 0. The van der Waals surface area contributed by atoms with Gasteiger partial charge < -0.3 is 11.0 Å². The molecule has 0 aliphatic rings. The molecule has 0 N–H and O–H groups in total. The Morgan fingerprint density at radius 1 is 0.750 bits per heavy atom. The summed E-state index contributed by atoms with van der Waals surface area (Å²) in [6.07, 6.45) is 0. The van der Waals surface area contributed by atoms with E-state index in [-0.39, 0.29) is 52.1 Å². The zero-order valence-corrected chi connectivity index (χ0v) is 6.55. The van der Waals surface area contributed by atoms with Crippen LogP contribution >= 0.6 is 0 Å². The maximum Gasteiger partial charge on any atom is 4.00 e. The van der Waals surface area contributed by atoms with Crippen LogP contribution in [0.5, 0.6) is 0 Å². The molecule has 0 heterocycles. The van der Waals surface area contributed by atoms with Gasteiger partial charge in [0, 0.05) is 19.5 Å². The van der Waals surface area contributed by atoms with E-state index in [2.05, 4.69) is 0 Å². The Morgan fingerprint density at radius 2 is 0.750 bits per heavy atom. The first-order valence-corrected chi connectivity index (χ1v) is 0. The summed E-state index contributed by atoms with van der Waals surface area (Å²) < 4.78 is 0. The van der Waals surface area contributed by atoms with Crippen LogP contribution in [-0.2, 0) is 52.1 Å². The van der Waals surface area contributed by atoms with Gasteiger partial charge in [-0.2, -0.15) is 0 Å². The normalized spacial score (nSPS) is 0. The van der Waals surface area contributed by atoms with Crippen LogP contribution in [0, 0.1) is 0 Å². The summed E-state index contributed by atoms with van der Waals surface area (Å²) in [5.74, 6) is 0. The smallest absolute Gasteiger partial charge is 2.00 e. The van der Waals surface area contributed by atoms with Crippen molar-refractivity contribution in [1.82, 2.24) is 0 Å². The molecule has 0 fully saturated rings. The molecular formula is O2TiZn. The third kappa shape index (κ3) is 10.5. The standard InChI is InChI=1S/2O.Ti.Zn/q2*-2;+4;. The van der Waals surface area contributed by atoms with Crippen molar-refractivity contribution in [1.29, 1.82) is 0 Å². The first kappa shape index (κ1) is 60.3. The predicted octanol–water partition coefficient (Wildman–Crippen LogP) is -0.243. The minimum Gasteiger partial charge on any atom is -2.00 e. The van der Waals surface area contributed by atoms with Gasteiger partial charge in [-0.15, -0.1) is 0 Å². The minimum atomic E-state index is 0. The van der Waals surface area contributed by atoms with Crippen molar-refractivity contribution in [3.63, 3.8) is 0 Å². The molecule has 18 valence electrons. The number of rotatable bonds is 0. The molecule has 0 aliphatic carbocycles. The Hall–Kier alpha value is 1.26. The second kappa shape index (κ2) is 28.6. The molecule has 0 saturated heterocycles. The fourth-order valence-electron chi connectivity index (χ4n) is 0. The van der Waals surface area contributed by atoms with Gasteiger partial charge in [0.15, 0.2) is 0 Å². The summed E-state index contributed by atoms with van der Waals surface area (Å²) in [5.41, 5.74) is 0. The monoisotopic (exact) mass is 144 g/mol. The molecule has 4 heavy (non-hydrogen) atoms. The van der Waals surface area contributed by atoms with Crippen LogP contribution in [0.3, 0.4) is 0 Å². The van der Waals surface area contributed by atoms with E-state index in [1.165, 1.54) is 0 Å². The van der Waals surface area contributed by atoms with Crippen molar-refractivity contribution in [2.45, 2.75) is 0 Å². The molecule has 0 saturated carbocycles. The molecule has 0 aromatic rings. The maximum atomic E-state index is 0. The Morgan fingerprint density at radius 3 is 0.750 bits per heavy atom. The van der Waals surface area contributed by atoms with Gasteiger partial charge in [-0.05, 0) is 0 Å². The Kier molecular flexibility index (Phi) is 430. The van der Waals surface area contributed by atoms with Crippen LogP contribution in [0.2, 0.25) is 0 Å². The summed E-state index contributed by atoms with van der Waals surface area (Å²) in [4.78, 5) is 0. The van der Waals surface area contributed by atoms with Gasteiger partial charge in [0.1, 0.15) is 0 Å². The zero-order valence-electron chi connectivity index (χ0n) is 2.02. The van der Waals surface area contributed by atoms with Crippen molar-refractivity contribution in [2.75, 3.05) is 0 Å². The minimum absolute atomic E-state index is 0. The molecule has 0 bridgehead atoms. The molecular weight excluding hydrogens is 145 g/mol. The van der Waals surface area contributed by atoms with Crippen LogP contribution < -0.4 is 0 Å². The summed E-state index contributed by atoms with van der Waals surface area (Å²) in [5, 5.41) is 0. The van der Waals surface area contributed by atoms with E-state index < -0.39 is 0 Å². The molecule has 4 heteroatoms. The molecule has 0 aliphatic heterocycles. The summed E-state index contributed by atoms with van der Waals surface area (Å²) >= 11 is 0. The first-order chi connectivity index (χ1) is 0. The van der Waals surface area contributed by atoms with E-state index in [1.54, 1.807) is 0 Å². The van der Waals surface area contributed by atoms with Crippen LogP contribution in [0.1, 0.15) is 0 Å². The molecule has 0 atom stereocenters. The Bertz CT molecular complexity index is 6.00. The van der Waals surface area contributed by atoms with E-state index in [4.69, 9.17) is 0 Å². The van der Waals surface area contributed by atoms with Gasteiger partial charge in [0.2, 0.25) is 0 Å². The molecule has 0 rings (SSSR count). The Balaban J connectivity index is 0. The second-order valence-electron chi connectivity index (χ2n) is 0. The third-order valence-electron chi connectivity index (χ3n) is 0. The van der Waals surface area contributed by atoms with Crippen molar-refractivity contribution < 1.29 is 52.1 Å². The number of hydrogen-bond acceptors (Lipinski definition) is 0. The molecule has 0 aromatic carbocycles. The van der Waals surface area contributed by atoms with Crippen molar-refractivity contribution >= 4 is 0 Å². The largest absolute Gasteiger partial charge is 4.00 e.